The van der Waals surface area contributed by atoms with Gasteiger partial charge in [0.05, 0.1) is 19.0 Å². The lowest BCUT2D eigenvalue weighted by Crippen LogP contribution is -2.11. The quantitative estimate of drug-likeness (QED) is 0.763. The first-order valence-electron chi connectivity index (χ1n) is 4.94. The molecule has 0 aliphatic heterocycles. The van der Waals surface area contributed by atoms with Gasteiger partial charge in [-0.15, -0.1) is 0 Å². The van der Waals surface area contributed by atoms with E-state index in [0.717, 1.165) is 5.75 Å². The summed E-state index contributed by atoms with van der Waals surface area (Å²) in [6, 6.07) is 0. The molecule has 0 radical (unpaired) electrons. The van der Waals surface area contributed by atoms with Crippen LogP contribution in [0.2, 0.25) is 0 Å². The number of methoxy groups -OCH3 is 1. The van der Waals surface area contributed by atoms with Crippen LogP contribution in [0.15, 0.2) is 6.20 Å². The molecule has 14 heavy (non-hydrogen) atoms. The van der Waals surface area contributed by atoms with Crippen LogP contribution in [0.5, 0.6) is 5.75 Å². The summed E-state index contributed by atoms with van der Waals surface area (Å²) in [5.41, 5.74) is 1.23. The van der Waals surface area contributed by atoms with Gasteiger partial charge in [0, 0.05) is 17.8 Å². The van der Waals surface area contributed by atoms with Crippen molar-refractivity contribution in [1.29, 1.82) is 0 Å². The minimum atomic E-state index is 0.553. The highest BCUT2D eigenvalue weighted by Gasteiger charge is 2.31. The molecule has 1 fully saturated rings. The number of aryl methyl sites for hydroxylation is 1. The van der Waals surface area contributed by atoms with Crippen molar-refractivity contribution in [2.45, 2.75) is 30.0 Å². The number of aromatic nitrogens is 2. The number of hydrogen-bond acceptors (Lipinski definition) is 2. The van der Waals surface area contributed by atoms with Crippen LogP contribution >= 0.6 is 15.9 Å². The number of hydrogen-bond donors (Lipinski definition) is 0. The Balaban J connectivity index is 2.33. The molecule has 2 unspecified atom stereocenters. The predicted molar refractivity (Wildman–Crippen MR) is 59.1 cm³/mol. The average molecular weight is 259 g/mol. The summed E-state index contributed by atoms with van der Waals surface area (Å²) in [7, 11) is 3.69. The summed E-state index contributed by atoms with van der Waals surface area (Å²) in [6.45, 7) is 0. The Morgan fingerprint density at radius 1 is 1.57 bits per heavy atom. The Morgan fingerprint density at radius 3 is 2.93 bits per heavy atom. The third kappa shape index (κ3) is 1.56. The second-order valence-corrected chi connectivity index (χ2v) is 4.95. The topological polar surface area (TPSA) is 27.1 Å². The molecule has 1 aliphatic carbocycles. The van der Waals surface area contributed by atoms with E-state index < -0.39 is 0 Å². The molecular formula is C10H15BrN2O. The molecule has 0 N–H and O–H groups in total. The van der Waals surface area contributed by atoms with Crippen LogP contribution in [0.25, 0.3) is 0 Å². The molecule has 3 nitrogen and oxygen atoms in total. The molecule has 0 saturated heterocycles. The minimum absolute atomic E-state index is 0.553. The van der Waals surface area contributed by atoms with E-state index in [0.29, 0.717) is 10.7 Å². The highest BCUT2D eigenvalue weighted by molar-refractivity contribution is 9.09. The minimum Gasteiger partial charge on any atom is -0.493 e. The van der Waals surface area contributed by atoms with Gasteiger partial charge in [-0.3, -0.25) is 4.68 Å². The van der Waals surface area contributed by atoms with E-state index in [9.17, 15) is 0 Å². The summed E-state index contributed by atoms with van der Waals surface area (Å²) in [5.74, 6) is 1.47. The summed E-state index contributed by atoms with van der Waals surface area (Å²) < 4.78 is 7.26. The van der Waals surface area contributed by atoms with Gasteiger partial charge >= 0.3 is 0 Å². The maximum atomic E-state index is 5.32. The van der Waals surface area contributed by atoms with Crippen molar-refractivity contribution in [3.05, 3.63) is 11.9 Å². The van der Waals surface area contributed by atoms with Gasteiger partial charge in [-0.2, -0.15) is 5.10 Å². The lowest BCUT2D eigenvalue weighted by atomic mass is 10.0. The van der Waals surface area contributed by atoms with Gasteiger partial charge in [-0.25, -0.2) is 0 Å². The fraction of sp³-hybridized carbons (Fsp3) is 0.700. The summed E-state index contributed by atoms with van der Waals surface area (Å²) in [5, 5.41) is 4.24. The number of nitrogens with zero attached hydrogens (tertiary/aromatic N) is 2. The van der Waals surface area contributed by atoms with Crippen LogP contribution in [-0.4, -0.2) is 21.7 Å². The molecule has 2 atom stereocenters. The van der Waals surface area contributed by atoms with Crippen LogP contribution in [0.4, 0.5) is 0 Å². The van der Waals surface area contributed by atoms with Gasteiger partial charge in [0.1, 0.15) is 0 Å². The smallest absolute Gasteiger partial charge is 0.160 e. The number of ether oxygens (including phenoxy) is 1. The zero-order chi connectivity index (χ0) is 10.1. The molecule has 1 aromatic rings. The van der Waals surface area contributed by atoms with Crippen molar-refractivity contribution in [2.24, 2.45) is 7.05 Å². The van der Waals surface area contributed by atoms with Crippen LogP contribution in [0, 0.1) is 0 Å². The van der Waals surface area contributed by atoms with E-state index in [4.69, 9.17) is 4.74 Å². The zero-order valence-corrected chi connectivity index (χ0v) is 10.1. The Morgan fingerprint density at radius 2 is 2.36 bits per heavy atom. The summed E-state index contributed by atoms with van der Waals surface area (Å²) in [4.78, 5) is 0.576. The third-order valence-corrected chi connectivity index (χ3v) is 4.05. The maximum Gasteiger partial charge on any atom is 0.160 e. The average Bonchev–Trinajstić information content (AvgIpc) is 2.72. The van der Waals surface area contributed by atoms with E-state index in [1.165, 1.54) is 25.0 Å². The van der Waals surface area contributed by atoms with Gasteiger partial charge in [0.2, 0.25) is 0 Å². The number of halogens is 1. The highest BCUT2D eigenvalue weighted by Crippen LogP contribution is 2.42. The SMILES string of the molecule is COc1cnn(C)c1C1CCCC1Br. The van der Waals surface area contributed by atoms with Crippen molar-refractivity contribution in [3.63, 3.8) is 0 Å². The Hall–Kier alpha value is -0.510. The summed E-state index contributed by atoms with van der Waals surface area (Å²) >= 11 is 3.73. The molecule has 0 bridgehead atoms. The van der Waals surface area contributed by atoms with Crippen LogP contribution in [0.3, 0.4) is 0 Å². The second-order valence-electron chi connectivity index (χ2n) is 3.78. The molecule has 0 amide bonds. The first kappa shape index (κ1) is 10.0. The van der Waals surface area contributed by atoms with Gasteiger partial charge in [-0.05, 0) is 12.8 Å². The molecular weight excluding hydrogens is 244 g/mol. The molecule has 1 aromatic heterocycles. The van der Waals surface area contributed by atoms with E-state index in [1.807, 2.05) is 11.7 Å². The van der Waals surface area contributed by atoms with Crippen molar-refractivity contribution in [3.8, 4) is 5.75 Å². The van der Waals surface area contributed by atoms with Gasteiger partial charge in [0.15, 0.2) is 5.75 Å². The highest BCUT2D eigenvalue weighted by atomic mass is 79.9. The van der Waals surface area contributed by atoms with Crippen LogP contribution < -0.4 is 4.74 Å². The van der Waals surface area contributed by atoms with Crippen LogP contribution in [0.1, 0.15) is 30.9 Å². The normalized spacial score (nSPS) is 26.8. The Kier molecular flexibility index (Phi) is 2.81. The van der Waals surface area contributed by atoms with E-state index in [1.54, 1.807) is 13.3 Å². The molecule has 2 rings (SSSR count). The van der Waals surface area contributed by atoms with Gasteiger partial charge < -0.3 is 4.74 Å². The monoisotopic (exact) mass is 258 g/mol. The predicted octanol–water partition coefficient (Wildman–Crippen LogP) is 2.46. The molecule has 1 heterocycles. The van der Waals surface area contributed by atoms with Gasteiger partial charge in [-0.1, -0.05) is 22.4 Å². The first-order valence-corrected chi connectivity index (χ1v) is 5.85. The van der Waals surface area contributed by atoms with Crippen molar-refractivity contribution in [1.82, 2.24) is 9.78 Å². The van der Waals surface area contributed by atoms with Crippen molar-refractivity contribution < 1.29 is 4.74 Å². The zero-order valence-electron chi connectivity index (χ0n) is 8.53. The fourth-order valence-electron chi connectivity index (χ4n) is 2.23. The molecule has 1 saturated carbocycles. The van der Waals surface area contributed by atoms with Crippen molar-refractivity contribution in [2.75, 3.05) is 7.11 Å². The Bertz CT molecular complexity index is 324. The summed E-state index contributed by atoms with van der Waals surface area (Å²) in [6.07, 6.45) is 5.56. The van der Waals surface area contributed by atoms with E-state index >= 15 is 0 Å². The standard InChI is InChI=1S/C10H15BrN2O/c1-13-10(9(14-2)6-12-13)7-4-3-5-8(7)11/h6-8H,3-5H2,1-2H3. The molecule has 1 aliphatic rings. The first-order chi connectivity index (χ1) is 6.74. The lowest BCUT2D eigenvalue weighted by Gasteiger charge is -2.15. The molecule has 4 heteroatoms. The van der Waals surface area contributed by atoms with E-state index in [2.05, 4.69) is 21.0 Å². The molecule has 78 valence electrons. The largest absolute Gasteiger partial charge is 0.493 e. The number of rotatable bonds is 2. The number of alkyl halides is 1. The van der Waals surface area contributed by atoms with Crippen molar-refractivity contribution >= 4 is 15.9 Å². The van der Waals surface area contributed by atoms with E-state index in [-0.39, 0.29) is 0 Å². The second kappa shape index (κ2) is 3.93. The third-order valence-electron chi connectivity index (χ3n) is 2.95. The van der Waals surface area contributed by atoms with Gasteiger partial charge in [0.25, 0.3) is 0 Å². The molecule has 0 spiro atoms. The Labute approximate surface area is 92.6 Å². The fourth-order valence-corrected chi connectivity index (χ4v) is 3.07. The maximum absolute atomic E-state index is 5.32. The molecule has 0 aromatic carbocycles. The lowest BCUT2D eigenvalue weighted by molar-refractivity contribution is 0.403. The van der Waals surface area contributed by atoms with Crippen LogP contribution in [-0.2, 0) is 7.05 Å².